The van der Waals surface area contributed by atoms with Crippen molar-refractivity contribution in [1.82, 2.24) is 9.55 Å². The molecule has 4 aromatic heterocycles. The molecule has 14 rings (SSSR count). The molecular formula is C61H36N2O2S. The van der Waals surface area contributed by atoms with Gasteiger partial charge in [0.2, 0.25) is 0 Å². The lowest BCUT2D eigenvalue weighted by atomic mass is 9.95. The smallest absolute Gasteiger partial charge is 0.143 e. The van der Waals surface area contributed by atoms with Gasteiger partial charge in [0.05, 0.1) is 21.3 Å². The van der Waals surface area contributed by atoms with E-state index < -0.39 is 0 Å². The number of thiazole rings is 1. The van der Waals surface area contributed by atoms with Gasteiger partial charge in [-0.05, 0) is 70.8 Å². The number of benzene rings is 10. The maximum Gasteiger partial charge on any atom is 0.143 e. The average molecular weight is 861 g/mol. The lowest BCUT2D eigenvalue weighted by Gasteiger charge is -2.10. The van der Waals surface area contributed by atoms with Crippen molar-refractivity contribution in [1.29, 1.82) is 0 Å². The van der Waals surface area contributed by atoms with Crippen molar-refractivity contribution in [2.24, 2.45) is 0 Å². The van der Waals surface area contributed by atoms with Crippen molar-refractivity contribution in [3.8, 4) is 60.8 Å². The van der Waals surface area contributed by atoms with E-state index in [2.05, 4.69) is 199 Å². The molecule has 4 nitrogen and oxygen atoms in total. The Morgan fingerprint density at radius 1 is 0.333 bits per heavy atom. The van der Waals surface area contributed by atoms with Crippen LogP contribution in [0.3, 0.4) is 0 Å². The highest BCUT2D eigenvalue weighted by atomic mass is 32.1. The zero-order chi connectivity index (χ0) is 43.3. The fourth-order valence-electron chi connectivity index (χ4n) is 10.2. The zero-order valence-electron chi connectivity index (χ0n) is 35.4. The van der Waals surface area contributed by atoms with E-state index in [4.69, 9.17) is 13.8 Å². The molecule has 66 heavy (non-hydrogen) atoms. The molecule has 5 heteroatoms. The highest BCUT2D eigenvalue weighted by molar-refractivity contribution is 7.22. The van der Waals surface area contributed by atoms with E-state index in [0.29, 0.717) is 0 Å². The SMILES string of the molecule is c1ccc2c(c1)oc1c(-c3ccc(-c4ccc(-c5ccc(-c6cccc7c6oc6ccccc67)cc5)c5sc(-c6ccc(-n7c8ccccc8c8ccccc87)cc6)nc45)cc3)cccc12. The third-order valence-electron chi connectivity index (χ3n) is 13.3. The lowest BCUT2D eigenvalue weighted by Crippen LogP contribution is -1.93. The number of para-hydroxylation sites is 6. The molecule has 0 saturated carbocycles. The molecular weight excluding hydrogens is 825 g/mol. The number of rotatable bonds is 6. The molecule has 0 atom stereocenters. The molecule has 0 aliphatic heterocycles. The summed E-state index contributed by atoms with van der Waals surface area (Å²) in [6, 6.07) is 77.8. The Morgan fingerprint density at radius 3 is 1.30 bits per heavy atom. The fraction of sp³-hybridized carbons (Fsp3) is 0. The van der Waals surface area contributed by atoms with Crippen LogP contribution in [0.1, 0.15) is 0 Å². The number of hydrogen-bond donors (Lipinski definition) is 0. The van der Waals surface area contributed by atoms with E-state index in [9.17, 15) is 0 Å². The Balaban J connectivity index is 0.882. The van der Waals surface area contributed by atoms with Crippen LogP contribution in [0, 0.1) is 0 Å². The summed E-state index contributed by atoms with van der Waals surface area (Å²) in [5, 5.41) is 8.01. The van der Waals surface area contributed by atoms with E-state index in [1.807, 2.05) is 24.3 Å². The first-order valence-electron chi connectivity index (χ1n) is 22.3. The maximum atomic E-state index is 6.43. The van der Waals surface area contributed by atoms with Gasteiger partial charge in [-0.25, -0.2) is 4.98 Å². The van der Waals surface area contributed by atoms with Gasteiger partial charge in [-0.15, -0.1) is 11.3 Å². The Morgan fingerprint density at radius 2 is 0.758 bits per heavy atom. The Labute approximate surface area is 382 Å². The third kappa shape index (κ3) is 5.67. The van der Waals surface area contributed by atoms with Crippen LogP contribution in [-0.2, 0) is 0 Å². The maximum absolute atomic E-state index is 6.43. The molecule has 0 N–H and O–H groups in total. The first kappa shape index (κ1) is 36.9. The average Bonchev–Trinajstić information content (AvgIpc) is 4.17. The normalized spacial score (nSPS) is 11.9. The number of nitrogens with zero attached hydrogens (tertiary/aromatic N) is 2. The van der Waals surface area contributed by atoms with E-state index in [1.165, 1.54) is 21.8 Å². The second kappa shape index (κ2) is 14.5. The second-order valence-electron chi connectivity index (χ2n) is 17.0. The summed E-state index contributed by atoms with van der Waals surface area (Å²) in [6.45, 7) is 0. The lowest BCUT2D eigenvalue weighted by molar-refractivity contribution is 0.669. The minimum atomic E-state index is 0.901. The van der Waals surface area contributed by atoms with Crippen molar-refractivity contribution in [3.63, 3.8) is 0 Å². The van der Waals surface area contributed by atoms with Crippen LogP contribution >= 0.6 is 11.3 Å². The monoisotopic (exact) mass is 860 g/mol. The van der Waals surface area contributed by atoms with Gasteiger partial charge in [0, 0.05) is 65.8 Å². The van der Waals surface area contributed by atoms with Crippen molar-refractivity contribution in [2.75, 3.05) is 0 Å². The quantitative estimate of drug-likeness (QED) is 0.167. The van der Waals surface area contributed by atoms with Crippen LogP contribution in [-0.4, -0.2) is 9.55 Å². The van der Waals surface area contributed by atoms with Gasteiger partial charge in [-0.2, -0.15) is 0 Å². The molecule has 0 spiro atoms. The van der Waals surface area contributed by atoms with E-state index >= 15 is 0 Å². The van der Waals surface area contributed by atoms with E-state index in [1.54, 1.807) is 11.3 Å². The van der Waals surface area contributed by atoms with Crippen molar-refractivity contribution in [3.05, 3.63) is 218 Å². The summed E-state index contributed by atoms with van der Waals surface area (Å²) in [4.78, 5) is 5.49. The summed E-state index contributed by atoms with van der Waals surface area (Å²) < 4.78 is 16.4. The highest BCUT2D eigenvalue weighted by Gasteiger charge is 2.19. The second-order valence-corrected chi connectivity index (χ2v) is 18.0. The van der Waals surface area contributed by atoms with Gasteiger partial charge in [0.25, 0.3) is 0 Å². The van der Waals surface area contributed by atoms with Crippen LogP contribution in [0.5, 0.6) is 0 Å². The van der Waals surface area contributed by atoms with Gasteiger partial charge < -0.3 is 13.4 Å². The largest absolute Gasteiger partial charge is 0.455 e. The minimum absolute atomic E-state index is 0.901. The summed E-state index contributed by atoms with van der Waals surface area (Å²) in [7, 11) is 0. The van der Waals surface area contributed by atoms with Crippen LogP contribution < -0.4 is 0 Å². The van der Waals surface area contributed by atoms with E-state index in [-0.39, 0.29) is 0 Å². The minimum Gasteiger partial charge on any atom is -0.455 e. The number of hydrogen-bond acceptors (Lipinski definition) is 4. The first-order valence-corrected chi connectivity index (χ1v) is 23.1. The summed E-state index contributed by atoms with van der Waals surface area (Å²) in [6.07, 6.45) is 0. The third-order valence-corrected chi connectivity index (χ3v) is 14.5. The number of fused-ring (bicyclic) bond motifs is 10. The van der Waals surface area contributed by atoms with Crippen molar-refractivity contribution >= 4 is 87.2 Å². The predicted molar refractivity (Wildman–Crippen MR) is 276 cm³/mol. The molecule has 0 radical (unpaired) electrons. The molecule has 4 heterocycles. The first-order chi connectivity index (χ1) is 32.7. The van der Waals surface area contributed by atoms with Gasteiger partial charge >= 0.3 is 0 Å². The molecule has 308 valence electrons. The molecule has 0 unspecified atom stereocenters. The standard InChI is InChI=1S/C61H36N2O2S/c1-5-19-53-47(11-1)48-12-2-6-20-54(48)63(53)42-33-31-41(32-34-42)61-62-57-43(37-23-25-38(26-24-37)44-15-9-17-51-49-13-3-7-21-55(49)64-58(44)51)35-36-46(60(57)66-61)40-29-27-39(28-30-40)45-16-10-18-52-50-14-4-8-22-56(50)65-59(45)52/h1-36H. The Bertz CT molecular complexity index is 3960. The number of furan rings is 2. The molecule has 0 saturated heterocycles. The number of aromatic nitrogens is 2. The molecule has 0 bridgehead atoms. The summed E-state index contributed by atoms with van der Waals surface area (Å²) >= 11 is 1.75. The van der Waals surface area contributed by atoms with Crippen molar-refractivity contribution < 1.29 is 8.83 Å². The van der Waals surface area contributed by atoms with Gasteiger partial charge in [0.1, 0.15) is 27.3 Å². The van der Waals surface area contributed by atoms with Crippen LogP contribution in [0.25, 0.3) is 137 Å². The molecule has 0 aliphatic carbocycles. The summed E-state index contributed by atoms with van der Waals surface area (Å²) in [5.74, 6) is 0. The zero-order valence-corrected chi connectivity index (χ0v) is 36.2. The van der Waals surface area contributed by atoms with Crippen LogP contribution in [0.4, 0.5) is 0 Å². The van der Waals surface area contributed by atoms with Gasteiger partial charge in [-0.3, -0.25) is 0 Å². The van der Waals surface area contributed by atoms with E-state index in [0.717, 1.165) is 115 Å². The van der Waals surface area contributed by atoms with Gasteiger partial charge in [0.15, 0.2) is 0 Å². The van der Waals surface area contributed by atoms with Crippen LogP contribution in [0.15, 0.2) is 227 Å². The molecule has 0 aliphatic rings. The van der Waals surface area contributed by atoms with Crippen LogP contribution in [0.2, 0.25) is 0 Å². The topological polar surface area (TPSA) is 44.1 Å². The fourth-order valence-corrected chi connectivity index (χ4v) is 11.3. The Kier molecular flexibility index (Phi) is 8.12. The predicted octanol–water partition coefficient (Wildman–Crippen LogP) is 17.5. The van der Waals surface area contributed by atoms with Crippen molar-refractivity contribution in [2.45, 2.75) is 0 Å². The highest BCUT2D eigenvalue weighted by Crippen LogP contribution is 2.44. The molecule has 0 fully saturated rings. The Hall–Kier alpha value is -8.51. The summed E-state index contributed by atoms with van der Waals surface area (Å²) in [5.41, 5.74) is 18.1. The molecule has 14 aromatic rings. The molecule has 10 aromatic carbocycles. The molecule has 0 amide bonds. The van der Waals surface area contributed by atoms with Gasteiger partial charge in [-0.1, -0.05) is 170 Å².